The molecule has 0 aromatic heterocycles. The maximum absolute atomic E-state index is 14.4. The summed E-state index contributed by atoms with van der Waals surface area (Å²) < 4.78 is 14.4. The predicted octanol–water partition coefficient (Wildman–Crippen LogP) is 4.73. The topological polar surface area (TPSA) is 37.3 Å². The van der Waals surface area contributed by atoms with Crippen LogP contribution in [0, 0.1) is 0 Å². The van der Waals surface area contributed by atoms with Crippen molar-refractivity contribution in [2.24, 2.45) is 0 Å². The van der Waals surface area contributed by atoms with Gasteiger partial charge in [-0.25, -0.2) is 0 Å². The van der Waals surface area contributed by atoms with Crippen LogP contribution in [0.2, 0.25) is 0 Å². The number of hydrogen-bond acceptors (Lipinski definition) is 2. The number of aliphatic hydroxyl groups is 1. The zero-order valence-electron chi connectivity index (χ0n) is 14.9. The molecule has 1 aliphatic carbocycles. The Balaban J connectivity index is 1.80. The maximum Gasteiger partial charge on any atom is 0.177 e. The van der Waals surface area contributed by atoms with Crippen LogP contribution in [0.25, 0.3) is 5.57 Å². The van der Waals surface area contributed by atoms with Crippen LogP contribution in [0.15, 0.2) is 109 Å². The molecule has 0 bridgehead atoms. The van der Waals surface area contributed by atoms with Gasteiger partial charge in [-0.1, -0.05) is 103 Å². The molecule has 4 rings (SSSR count). The van der Waals surface area contributed by atoms with Crippen LogP contribution in [-0.4, -0.2) is 10.4 Å². The highest BCUT2D eigenvalue weighted by Gasteiger charge is 2.47. The van der Waals surface area contributed by atoms with E-state index < -0.39 is 12.5 Å². The molecule has 1 N–H and O–H groups in total. The first-order valence-corrected chi connectivity index (χ1v) is 10.7. The molecule has 3 heteroatoms. The van der Waals surface area contributed by atoms with Gasteiger partial charge in [-0.3, -0.25) is 0 Å². The molecule has 3 aromatic carbocycles. The highest BCUT2D eigenvalue weighted by atomic mass is 31.2. The average Bonchev–Trinajstić information content (AvgIpc) is 2.75. The Labute approximate surface area is 159 Å². The van der Waals surface area contributed by atoms with E-state index in [-0.39, 0.29) is 0 Å². The molecule has 3 aromatic rings. The van der Waals surface area contributed by atoms with E-state index in [2.05, 4.69) is 0 Å². The lowest BCUT2D eigenvalue weighted by Crippen LogP contribution is -2.37. The van der Waals surface area contributed by atoms with Crippen molar-refractivity contribution in [2.45, 2.75) is 11.8 Å². The van der Waals surface area contributed by atoms with Gasteiger partial charge in [0.15, 0.2) is 7.14 Å². The largest absolute Gasteiger partial charge is 0.377 e. The first kappa shape index (κ1) is 17.7. The molecule has 2 nitrogen and oxygen atoms in total. The zero-order chi connectivity index (χ0) is 18.7. The van der Waals surface area contributed by atoms with E-state index in [1.54, 1.807) is 6.08 Å². The molecule has 27 heavy (non-hydrogen) atoms. The van der Waals surface area contributed by atoms with Crippen LogP contribution in [0.1, 0.15) is 12.0 Å². The second kappa shape index (κ2) is 7.15. The highest BCUT2D eigenvalue weighted by molar-refractivity contribution is 7.80. The Kier molecular flexibility index (Phi) is 4.70. The van der Waals surface area contributed by atoms with Crippen LogP contribution in [0.4, 0.5) is 0 Å². The SMILES string of the molecule is O=P(c1ccccc1)(c1ccccc1)C1(O)C=CC(c2ccccc2)=CC1. The number of benzene rings is 3. The van der Waals surface area contributed by atoms with Gasteiger partial charge >= 0.3 is 0 Å². The molecular weight excluding hydrogens is 351 g/mol. The summed E-state index contributed by atoms with van der Waals surface area (Å²) in [5.74, 6) is 0. The van der Waals surface area contributed by atoms with Gasteiger partial charge in [0, 0.05) is 17.0 Å². The molecule has 0 spiro atoms. The van der Waals surface area contributed by atoms with Crippen molar-refractivity contribution in [1.29, 1.82) is 0 Å². The second-order valence-electron chi connectivity index (χ2n) is 6.72. The Morgan fingerprint density at radius 1 is 0.741 bits per heavy atom. The van der Waals surface area contributed by atoms with Crippen LogP contribution >= 0.6 is 7.14 Å². The predicted molar refractivity (Wildman–Crippen MR) is 113 cm³/mol. The Morgan fingerprint density at radius 3 is 1.67 bits per heavy atom. The lowest BCUT2D eigenvalue weighted by atomic mass is 9.98. The number of hydrogen-bond donors (Lipinski definition) is 1. The van der Waals surface area contributed by atoms with E-state index in [0.717, 1.165) is 11.1 Å². The van der Waals surface area contributed by atoms with E-state index in [1.165, 1.54) is 0 Å². The van der Waals surface area contributed by atoms with Gasteiger partial charge in [-0.15, -0.1) is 0 Å². The molecule has 0 aliphatic heterocycles. The second-order valence-corrected chi connectivity index (χ2v) is 9.75. The van der Waals surface area contributed by atoms with Crippen LogP contribution in [0.5, 0.6) is 0 Å². The fourth-order valence-corrected chi connectivity index (χ4v) is 6.58. The van der Waals surface area contributed by atoms with Gasteiger partial charge in [-0.05, 0) is 17.2 Å². The Morgan fingerprint density at radius 2 is 1.22 bits per heavy atom. The number of allylic oxidation sites excluding steroid dienone is 2. The van der Waals surface area contributed by atoms with Crippen molar-refractivity contribution < 1.29 is 9.67 Å². The van der Waals surface area contributed by atoms with Gasteiger partial charge < -0.3 is 9.67 Å². The fourth-order valence-electron chi connectivity index (χ4n) is 3.57. The van der Waals surface area contributed by atoms with Crippen molar-refractivity contribution in [1.82, 2.24) is 0 Å². The third-order valence-electron chi connectivity index (χ3n) is 5.04. The third-order valence-corrected chi connectivity index (χ3v) is 8.52. The first-order valence-electron chi connectivity index (χ1n) is 9.02. The Bertz CT molecular complexity index is 980. The summed E-state index contributed by atoms with van der Waals surface area (Å²) in [5, 5.41) is 11.5. The molecular formula is C24H21O2P. The standard InChI is InChI=1S/C24H21O2P/c25-24(18-16-21(17-19-24)20-10-4-1-5-11-20)27(26,22-12-6-2-7-13-22)23-14-8-3-9-15-23/h1-18,25H,19H2. The van der Waals surface area contributed by atoms with Gasteiger partial charge in [0.25, 0.3) is 0 Å². The lowest BCUT2D eigenvalue weighted by Gasteiger charge is -2.36. The summed E-state index contributed by atoms with van der Waals surface area (Å²) in [6.45, 7) is 0. The quantitative estimate of drug-likeness (QED) is 0.672. The van der Waals surface area contributed by atoms with E-state index in [9.17, 15) is 9.67 Å². The average molecular weight is 372 g/mol. The van der Waals surface area contributed by atoms with Gasteiger partial charge in [0.05, 0.1) is 0 Å². The Hall–Kier alpha value is -2.67. The molecule has 0 heterocycles. The summed E-state index contributed by atoms with van der Waals surface area (Å²) in [5.41, 5.74) is 2.12. The van der Waals surface area contributed by atoms with Crippen molar-refractivity contribution in [3.8, 4) is 0 Å². The normalized spacial score (nSPS) is 19.5. The van der Waals surface area contributed by atoms with Crippen LogP contribution < -0.4 is 10.6 Å². The molecule has 0 saturated carbocycles. The minimum Gasteiger partial charge on any atom is -0.377 e. The van der Waals surface area contributed by atoms with Gasteiger partial charge in [0.2, 0.25) is 0 Å². The summed E-state index contributed by atoms with van der Waals surface area (Å²) in [7, 11) is -3.31. The fraction of sp³-hybridized carbons (Fsp3) is 0.0833. The van der Waals surface area contributed by atoms with Crippen LogP contribution in [-0.2, 0) is 4.57 Å². The lowest BCUT2D eigenvalue weighted by molar-refractivity contribution is 0.177. The molecule has 0 radical (unpaired) electrons. The molecule has 134 valence electrons. The van der Waals surface area contributed by atoms with Crippen molar-refractivity contribution in [3.63, 3.8) is 0 Å². The highest BCUT2D eigenvalue weighted by Crippen LogP contribution is 2.58. The summed E-state index contributed by atoms with van der Waals surface area (Å²) in [6, 6.07) is 28.7. The zero-order valence-corrected chi connectivity index (χ0v) is 15.8. The van der Waals surface area contributed by atoms with Crippen molar-refractivity contribution in [3.05, 3.63) is 115 Å². The van der Waals surface area contributed by atoms with Gasteiger partial charge in [-0.2, -0.15) is 0 Å². The summed E-state index contributed by atoms with van der Waals surface area (Å²) in [6.07, 6.45) is 5.89. The smallest absolute Gasteiger partial charge is 0.177 e. The van der Waals surface area contributed by atoms with E-state index in [4.69, 9.17) is 0 Å². The van der Waals surface area contributed by atoms with E-state index in [0.29, 0.717) is 17.0 Å². The molecule has 1 atom stereocenters. The molecule has 0 saturated heterocycles. The van der Waals surface area contributed by atoms with Crippen molar-refractivity contribution >= 4 is 23.3 Å². The van der Waals surface area contributed by atoms with E-state index in [1.807, 2.05) is 103 Å². The number of rotatable bonds is 4. The minimum atomic E-state index is -3.31. The molecule has 1 aliphatic rings. The third kappa shape index (κ3) is 3.12. The van der Waals surface area contributed by atoms with Gasteiger partial charge in [0.1, 0.15) is 5.34 Å². The molecule has 1 unspecified atom stereocenters. The molecule has 0 fully saturated rings. The molecule has 0 amide bonds. The van der Waals surface area contributed by atoms with E-state index >= 15 is 0 Å². The van der Waals surface area contributed by atoms with Crippen molar-refractivity contribution in [2.75, 3.05) is 0 Å². The monoisotopic (exact) mass is 372 g/mol. The van der Waals surface area contributed by atoms with Crippen LogP contribution in [0.3, 0.4) is 0 Å². The maximum atomic E-state index is 14.4. The summed E-state index contributed by atoms with van der Waals surface area (Å²) in [4.78, 5) is 0. The first-order chi connectivity index (χ1) is 13.1. The minimum absolute atomic E-state index is 0.300. The summed E-state index contributed by atoms with van der Waals surface area (Å²) >= 11 is 0.